The molecule has 0 saturated carbocycles. The molecule has 5 heteroatoms. The van der Waals surface area contributed by atoms with Gasteiger partial charge in [0.25, 0.3) is 0 Å². The first kappa shape index (κ1) is 13.8. The van der Waals surface area contributed by atoms with Crippen molar-refractivity contribution in [1.29, 1.82) is 0 Å². The number of anilines is 1. The van der Waals surface area contributed by atoms with Crippen LogP contribution in [0.3, 0.4) is 0 Å². The maximum Gasteiger partial charge on any atom is 0.324 e. The number of amides is 2. The highest BCUT2D eigenvalue weighted by Crippen LogP contribution is 2.27. The molecule has 0 spiro atoms. The lowest BCUT2D eigenvalue weighted by Gasteiger charge is -2.36. The summed E-state index contributed by atoms with van der Waals surface area (Å²) >= 11 is 0. The smallest absolute Gasteiger partial charge is 0.324 e. The van der Waals surface area contributed by atoms with E-state index in [4.69, 9.17) is 4.74 Å². The molecule has 1 N–H and O–H groups in total. The van der Waals surface area contributed by atoms with Gasteiger partial charge in [-0.3, -0.25) is 4.90 Å². The van der Waals surface area contributed by atoms with Gasteiger partial charge in [-0.05, 0) is 18.7 Å². The molecule has 2 amide bonds. The molecule has 0 aromatic heterocycles. The molecular formula is C14H21N3O2. The minimum Gasteiger partial charge on any atom is -0.383 e. The minimum atomic E-state index is 0.0371. The maximum absolute atomic E-state index is 12.3. The van der Waals surface area contributed by atoms with Crippen LogP contribution >= 0.6 is 0 Å². The molecule has 5 nitrogen and oxygen atoms in total. The Kier molecular flexibility index (Phi) is 4.39. The molecule has 0 aliphatic carbocycles. The Morgan fingerprint density at radius 1 is 1.42 bits per heavy atom. The van der Waals surface area contributed by atoms with Crippen LogP contribution in [-0.4, -0.2) is 51.3 Å². The fourth-order valence-corrected chi connectivity index (χ4v) is 2.37. The van der Waals surface area contributed by atoms with Gasteiger partial charge in [-0.15, -0.1) is 0 Å². The van der Waals surface area contributed by atoms with Crippen LogP contribution in [-0.2, 0) is 11.3 Å². The standard InChI is InChI=1S/C14H21N3O2/c1-15-12(10-19-3)9-17-13-7-5-4-6-11(13)8-16(2)14(17)18/h4-7,12,15H,8-10H2,1-3H3. The predicted molar refractivity (Wildman–Crippen MR) is 75.4 cm³/mol. The molecule has 0 bridgehead atoms. The van der Waals surface area contributed by atoms with Crippen LogP contribution in [0.5, 0.6) is 0 Å². The van der Waals surface area contributed by atoms with Crippen LogP contribution in [0.2, 0.25) is 0 Å². The summed E-state index contributed by atoms with van der Waals surface area (Å²) in [6.07, 6.45) is 0. The Bertz CT molecular complexity index is 450. The molecule has 0 saturated heterocycles. The molecule has 1 atom stereocenters. The van der Waals surface area contributed by atoms with Gasteiger partial charge in [-0.25, -0.2) is 4.79 Å². The first-order valence-corrected chi connectivity index (χ1v) is 6.44. The number of urea groups is 1. The van der Waals surface area contributed by atoms with Crippen molar-refractivity contribution in [3.8, 4) is 0 Å². The van der Waals surface area contributed by atoms with E-state index in [1.165, 1.54) is 5.56 Å². The van der Waals surface area contributed by atoms with E-state index < -0.39 is 0 Å². The van der Waals surface area contributed by atoms with E-state index in [1.807, 2.05) is 37.2 Å². The van der Waals surface area contributed by atoms with Gasteiger partial charge in [-0.2, -0.15) is 0 Å². The van der Waals surface area contributed by atoms with Crippen molar-refractivity contribution >= 4 is 11.7 Å². The summed E-state index contributed by atoms with van der Waals surface area (Å²) in [5.41, 5.74) is 2.18. The summed E-state index contributed by atoms with van der Waals surface area (Å²) < 4.78 is 5.17. The van der Waals surface area contributed by atoms with E-state index in [-0.39, 0.29) is 12.1 Å². The number of rotatable bonds is 5. The van der Waals surface area contributed by atoms with Crippen molar-refractivity contribution in [2.45, 2.75) is 12.6 Å². The SMILES string of the molecule is CNC(COC)CN1C(=O)N(C)Cc2ccccc21. The molecule has 1 aromatic rings. The third kappa shape index (κ3) is 2.88. The van der Waals surface area contributed by atoms with E-state index in [0.717, 1.165) is 5.69 Å². The van der Waals surface area contributed by atoms with Gasteiger partial charge in [0.1, 0.15) is 0 Å². The fourth-order valence-electron chi connectivity index (χ4n) is 2.37. The molecule has 1 aliphatic rings. The zero-order chi connectivity index (χ0) is 13.8. The first-order chi connectivity index (χ1) is 9.17. The Labute approximate surface area is 114 Å². The van der Waals surface area contributed by atoms with Crippen LogP contribution in [0.1, 0.15) is 5.56 Å². The van der Waals surface area contributed by atoms with Gasteiger partial charge < -0.3 is 15.0 Å². The van der Waals surface area contributed by atoms with Crippen molar-refractivity contribution < 1.29 is 9.53 Å². The van der Waals surface area contributed by atoms with Crippen LogP contribution in [0, 0.1) is 0 Å². The highest BCUT2D eigenvalue weighted by Gasteiger charge is 2.29. The summed E-state index contributed by atoms with van der Waals surface area (Å²) in [5.74, 6) is 0. The second-order valence-electron chi connectivity index (χ2n) is 4.82. The molecular weight excluding hydrogens is 242 g/mol. The van der Waals surface area contributed by atoms with Crippen LogP contribution in [0.4, 0.5) is 10.5 Å². The maximum atomic E-state index is 12.3. The molecule has 19 heavy (non-hydrogen) atoms. The largest absolute Gasteiger partial charge is 0.383 e. The molecule has 1 heterocycles. The quantitative estimate of drug-likeness (QED) is 0.870. The van der Waals surface area contributed by atoms with Gasteiger partial charge in [0.15, 0.2) is 0 Å². The van der Waals surface area contributed by atoms with Crippen molar-refractivity contribution in [2.75, 3.05) is 39.3 Å². The second-order valence-corrected chi connectivity index (χ2v) is 4.82. The number of para-hydroxylation sites is 1. The zero-order valence-electron chi connectivity index (χ0n) is 11.7. The number of methoxy groups -OCH3 is 1. The third-order valence-electron chi connectivity index (χ3n) is 3.43. The molecule has 1 aliphatic heterocycles. The van der Waals surface area contributed by atoms with Gasteiger partial charge in [0.05, 0.1) is 12.3 Å². The van der Waals surface area contributed by atoms with Gasteiger partial charge in [0, 0.05) is 33.3 Å². The summed E-state index contributed by atoms with van der Waals surface area (Å²) in [5, 5.41) is 3.18. The van der Waals surface area contributed by atoms with Gasteiger partial charge in [0.2, 0.25) is 0 Å². The van der Waals surface area contributed by atoms with Crippen LogP contribution < -0.4 is 10.2 Å². The number of benzene rings is 1. The first-order valence-electron chi connectivity index (χ1n) is 6.44. The Morgan fingerprint density at radius 3 is 2.84 bits per heavy atom. The molecule has 0 radical (unpaired) electrons. The van der Waals surface area contributed by atoms with Crippen LogP contribution in [0.15, 0.2) is 24.3 Å². The normalized spacial score (nSPS) is 16.5. The molecule has 2 rings (SSSR count). The highest BCUT2D eigenvalue weighted by molar-refractivity contribution is 5.94. The van der Waals surface area contributed by atoms with Crippen molar-refractivity contribution in [3.63, 3.8) is 0 Å². The lowest BCUT2D eigenvalue weighted by Crippen LogP contribution is -2.51. The van der Waals surface area contributed by atoms with Crippen LogP contribution in [0.25, 0.3) is 0 Å². The minimum absolute atomic E-state index is 0.0371. The third-order valence-corrected chi connectivity index (χ3v) is 3.43. The summed E-state index contributed by atoms with van der Waals surface area (Å²) in [6, 6.07) is 8.19. The number of nitrogens with one attached hydrogen (secondary N) is 1. The lowest BCUT2D eigenvalue weighted by molar-refractivity contribution is 0.168. The van der Waals surface area contributed by atoms with E-state index in [2.05, 4.69) is 11.4 Å². The average molecular weight is 263 g/mol. The number of hydrogen-bond donors (Lipinski definition) is 1. The van der Waals surface area contributed by atoms with Gasteiger partial charge in [-0.1, -0.05) is 18.2 Å². The van der Waals surface area contributed by atoms with E-state index in [9.17, 15) is 4.79 Å². The van der Waals surface area contributed by atoms with E-state index in [0.29, 0.717) is 19.7 Å². The average Bonchev–Trinajstić information content (AvgIpc) is 2.42. The summed E-state index contributed by atoms with van der Waals surface area (Å²) in [7, 11) is 5.38. The topological polar surface area (TPSA) is 44.8 Å². The number of nitrogens with zero attached hydrogens (tertiary/aromatic N) is 2. The zero-order valence-corrected chi connectivity index (χ0v) is 11.7. The highest BCUT2D eigenvalue weighted by atomic mass is 16.5. The molecule has 0 fully saturated rings. The fraction of sp³-hybridized carbons (Fsp3) is 0.500. The van der Waals surface area contributed by atoms with E-state index >= 15 is 0 Å². The Balaban J connectivity index is 2.24. The number of fused-ring (bicyclic) bond motifs is 1. The number of likely N-dealkylation sites (N-methyl/N-ethyl adjacent to an activating group) is 1. The Morgan fingerprint density at radius 2 is 2.16 bits per heavy atom. The van der Waals surface area contributed by atoms with Gasteiger partial charge >= 0.3 is 6.03 Å². The molecule has 1 aromatic carbocycles. The lowest BCUT2D eigenvalue weighted by atomic mass is 10.1. The Hall–Kier alpha value is -1.59. The van der Waals surface area contributed by atoms with Crippen molar-refractivity contribution in [3.05, 3.63) is 29.8 Å². The number of carbonyl (C=O) groups is 1. The molecule has 1 unspecified atom stereocenters. The predicted octanol–water partition coefficient (Wildman–Crippen LogP) is 1.29. The summed E-state index contributed by atoms with van der Waals surface area (Å²) in [6.45, 7) is 1.84. The second kappa shape index (κ2) is 6.04. The van der Waals surface area contributed by atoms with Crippen molar-refractivity contribution in [2.24, 2.45) is 0 Å². The number of ether oxygens (including phenoxy) is 1. The number of carbonyl (C=O) groups excluding carboxylic acids is 1. The number of hydrogen-bond acceptors (Lipinski definition) is 3. The van der Waals surface area contributed by atoms with Crippen molar-refractivity contribution in [1.82, 2.24) is 10.2 Å². The monoisotopic (exact) mass is 263 g/mol. The van der Waals surface area contributed by atoms with E-state index in [1.54, 1.807) is 12.0 Å². The summed E-state index contributed by atoms with van der Waals surface area (Å²) in [4.78, 5) is 15.9. The molecule has 104 valence electrons.